The number of carbonyl (C=O) groups is 1. The van der Waals surface area contributed by atoms with E-state index < -0.39 is 0 Å². The highest BCUT2D eigenvalue weighted by molar-refractivity contribution is 14.0. The third-order valence-corrected chi connectivity index (χ3v) is 4.77. The third-order valence-electron chi connectivity index (χ3n) is 4.77. The zero-order valence-corrected chi connectivity index (χ0v) is 20.3. The van der Waals surface area contributed by atoms with E-state index in [2.05, 4.69) is 71.0 Å². The first-order chi connectivity index (χ1) is 13.0. The highest BCUT2D eigenvalue weighted by Gasteiger charge is 2.10. The Morgan fingerprint density at radius 1 is 1.14 bits per heavy atom. The number of benzene rings is 1. The van der Waals surface area contributed by atoms with Crippen LogP contribution in [0.5, 0.6) is 0 Å². The minimum Gasteiger partial charge on any atom is -0.356 e. The number of hydrogen-bond acceptors (Lipinski definition) is 3. The number of halogens is 1. The molecule has 7 heteroatoms. The molecule has 0 radical (unpaired) electrons. The number of amides is 1. The van der Waals surface area contributed by atoms with Crippen molar-refractivity contribution in [3.63, 3.8) is 0 Å². The van der Waals surface area contributed by atoms with Gasteiger partial charge in [-0.1, -0.05) is 37.3 Å². The van der Waals surface area contributed by atoms with Gasteiger partial charge in [-0.3, -0.25) is 14.7 Å². The van der Waals surface area contributed by atoms with Crippen molar-refractivity contribution in [3.05, 3.63) is 35.9 Å². The van der Waals surface area contributed by atoms with E-state index in [1.807, 2.05) is 13.0 Å². The summed E-state index contributed by atoms with van der Waals surface area (Å²) in [5.74, 6) is 0.813. The molecule has 1 aromatic rings. The summed E-state index contributed by atoms with van der Waals surface area (Å²) >= 11 is 0. The first kappa shape index (κ1) is 26.6. The number of nitrogens with zero attached hydrogens (tertiary/aromatic N) is 2. The van der Waals surface area contributed by atoms with Crippen LogP contribution in [-0.2, 0) is 11.3 Å². The fourth-order valence-electron chi connectivity index (χ4n) is 2.61. The standard InChI is InChI=1S/C21H37N5O.HI/c1-6-17(2)25-20(27)13-15-24-21(22-4)23-14-12-18(3)26(5)16-19-10-8-7-9-11-19;/h7-11,17-18H,6,12-16H2,1-5H3,(H,25,27)(H2,22,23,24);1H. The predicted octanol–water partition coefficient (Wildman–Crippen LogP) is 2.98. The summed E-state index contributed by atoms with van der Waals surface area (Å²) < 4.78 is 0. The van der Waals surface area contributed by atoms with Gasteiger partial charge in [-0.05, 0) is 39.3 Å². The Labute approximate surface area is 188 Å². The molecular formula is C21H38IN5O. The van der Waals surface area contributed by atoms with Crippen molar-refractivity contribution >= 4 is 35.8 Å². The second-order valence-electron chi connectivity index (χ2n) is 7.09. The summed E-state index contributed by atoms with van der Waals surface area (Å²) in [6.45, 7) is 8.67. The molecule has 0 saturated carbocycles. The van der Waals surface area contributed by atoms with Crippen LogP contribution in [0.3, 0.4) is 0 Å². The van der Waals surface area contributed by atoms with E-state index in [0.717, 1.165) is 31.9 Å². The number of rotatable bonds is 11. The van der Waals surface area contributed by atoms with Crippen molar-refractivity contribution < 1.29 is 4.79 Å². The van der Waals surface area contributed by atoms with E-state index in [4.69, 9.17) is 0 Å². The molecular weight excluding hydrogens is 465 g/mol. The molecule has 0 aromatic heterocycles. The molecule has 0 fully saturated rings. The molecule has 1 aromatic carbocycles. The molecule has 3 N–H and O–H groups in total. The Balaban J connectivity index is 0.00000729. The van der Waals surface area contributed by atoms with Gasteiger partial charge in [-0.15, -0.1) is 24.0 Å². The van der Waals surface area contributed by atoms with Crippen LogP contribution < -0.4 is 16.0 Å². The van der Waals surface area contributed by atoms with Crippen LogP contribution in [0.2, 0.25) is 0 Å². The predicted molar refractivity (Wildman–Crippen MR) is 129 cm³/mol. The maximum absolute atomic E-state index is 11.8. The lowest BCUT2D eigenvalue weighted by atomic mass is 10.1. The van der Waals surface area contributed by atoms with Crippen LogP contribution in [0.25, 0.3) is 0 Å². The summed E-state index contributed by atoms with van der Waals surface area (Å²) in [7, 11) is 3.90. The maximum atomic E-state index is 11.8. The smallest absolute Gasteiger partial charge is 0.221 e. The SMILES string of the molecule is CCC(C)NC(=O)CCNC(=NC)NCCC(C)N(C)Cc1ccccc1.I. The van der Waals surface area contributed by atoms with E-state index in [0.29, 0.717) is 19.0 Å². The molecule has 28 heavy (non-hydrogen) atoms. The largest absolute Gasteiger partial charge is 0.356 e. The zero-order valence-electron chi connectivity index (χ0n) is 18.0. The van der Waals surface area contributed by atoms with Crippen molar-refractivity contribution in [1.29, 1.82) is 0 Å². The normalized spacial score (nSPS) is 13.4. The zero-order chi connectivity index (χ0) is 20.1. The number of carbonyl (C=O) groups excluding carboxylic acids is 1. The molecule has 0 aliphatic heterocycles. The van der Waals surface area contributed by atoms with E-state index in [1.165, 1.54) is 5.56 Å². The average Bonchev–Trinajstić information content (AvgIpc) is 2.67. The minimum atomic E-state index is 0. The van der Waals surface area contributed by atoms with Gasteiger partial charge in [0.2, 0.25) is 5.91 Å². The minimum absolute atomic E-state index is 0. The van der Waals surface area contributed by atoms with Crippen molar-refractivity contribution in [3.8, 4) is 0 Å². The molecule has 0 heterocycles. The van der Waals surface area contributed by atoms with Gasteiger partial charge in [0.05, 0.1) is 0 Å². The molecule has 0 spiro atoms. The van der Waals surface area contributed by atoms with E-state index in [9.17, 15) is 4.79 Å². The van der Waals surface area contributed by atoms with Gasteiger partial charge in [0.1, 0.15) is 0 Å². The van der Waals surface area contributed by atoms with Gasteiger partial charge in [0.25, 0.3) is 0 Å². The fraction of sp³-hybridized carbons (Fsp3) is 0.619. The van der Waals surface area contributed by atoms with Crippen LogP contribution in [0.15, 0.2) is 35.3 Å². The van der Waals surface area contributed by atoms with Gasteiger partial charge < -0.3 is 16.0 Å². The van der Waals surface area contributed by atoms with Gasteiger partial charge in [-0.25, -0.2) is 0 Å². The fourth-order valence-corrected chi connectivity index (χ4v) is 2.61. The van der Waals surface area contributed by atoms with Gasteiger partial charge >= 0.3 is 0 Å². The summed E-state index contributed by atoms with van der Waals surface area (Å²) in [5.41, 5.74) is 1.33. The van der Waals surface area contributed by atoms with Gasteiger partial charge in [-0.2, -0.15) is 0 Å². The van der Waals surface area contributed by atoms with Crippen LogP contribution in [-0.4, -0.2) is 56.0 Å². The molecule has 6 nitrogen and oxygen atoms in total. The van der Waals surface area contributed by atoms with Crippen molar-refractivity contribution in [2.75, 3.05) is 27.2 Å². The van der Waals surface area contributed by atoms with Crippen molar-refractivity contribution in [1.82, 2.24) is 20.9 Å². The molecule has 0 aliphatic carbocycles. The van der Waals surface area contributed by atoms with Crippen LogP contribution in [0.4, 0.5) is 0 Å². The first-order valence-electron chi connectivity index (χ1n) is 9.94. The second kappa shape index (κ2) is 15.6. The highest BCUT2D eigenvalue weighted by Crippen LogP contribution is 2.07. The van der Waals surface area contributed by atoms with E-state index >= 15 is 0 Å². The molecule has 0 saturated heterocycles. The summed E-state index contributed by atoms with van der Waals surface area (Å²) in [6.07, 6.45) is 2.40. The maximum Gasteiger partial charge on any atom is 0.221 e. The van der Waals surface area contributed by atoms with Gasteiger partial charge in [0.15, 0.2) is 5.96 Å². The van der Waals surface area contributed by atoms with E-state index in [-0.39, 0.29) is 35.9 Å². The Bertz CT molecular complexity index is 567. The Morgan fingerprint density at radius 2 is 1.79 bits per heavy atom. The molecule has 1 amide bonds. The first-order valence-corrected chi connectivity index (χ1v) is 9.94. The summed E-state index contributed by atoms with van der Waals surface area (Å²) in [5, 5.41) is 9.49. The molecule has 160 valence electrons. The van der Waals surface area contributed by atoms with Crippen molar-refractivity contribution in [2.24, 2.45) is 4.99 Å². The number of nitrogens with one attached hydrogen (secondary N) is 3. The topological polar surface area (TPSA) is 68.8 Å². The van der Waals surface area contributed by atoms with Crippen LogP contribution >= 0.6 is 24.0 Å². The molecule has 1 rings (SSSR count). The average molecular weight is 503 g/mol. The molecule has 2 unspecified atom stereocenters. The third kappa shape index (κ3) is 11.5. The van der Waals surface area contributed by atoms with Crippen molar-refractivity contribution in [2.45, 2.75) is 58.7 Å². The molecule has 0 aliphatic rings. The number of hydrogen-bond donors (Lipinski definition) is 3. The van der Waals surface area contributed by atoms with E-state index in [1.54, 1.807) is 7.05 Å². The number of aliphatic imine (C=N–C) groups is 1. The lowest BCUT2D eigenvalue weighted by Gasteiger charge is -2.25. The summed E-state index contributed by atoms with van der Waals surface area (Å²) in [6, 6.07) is 11.2. The number of guanidine groups is 1. The van der Waals surface area contributed by atoms with Gasteiger partial charge in [0, 0.05) is 45.2 Å². The Kier molecular flexibility index (Phi) is 14.8. The quantitative estimate of drug-likeness (QED) is 0.247. The monoisotopic (exact) mass is 503 g/mol. The molecule has 2 atom stereocenters. The Hall–Kier alpha value is -1.35. The van der Waals surface area contributed by atoms with Crippen LogP contribution in [0.1, 0.15) is 45.6 Å². The van der Waals surface area contributed by atoms with Crippen LogP contribution in [0, 0.1) is 0 Å². The Morgan fingerprint density at radius 3 is 2.39 bits per heavy atom. The highest BCUT2D eigenvalue weighted by atomic mass is 127. The lowest BCUT2D eigenvalue weighted by Crippen LogP contribution is -2.41. The second-order valence-corrected chi connectivity index (χ2v) is 7.09. The molecule has 0 bridgehead atoms. The summed E-state index contributed by atoms with van der Waals surface area (Å²) in [4.78, 5) is 18.4. The lowest BCUT2D eigenvalue weighted by molar-refractivity contribution is -0.121.